The van der Waals surface area contributed by atoms with Crippen LogP contribution < -0.4 is 10.1 Å². The van der Waals surface area contributed by atoms with Gasteiger partial charge < -0.3 is 10.1 Å². The molecule has 0 bridgehead atoms. The Morgan fingerprint density at radius 2 is 1.96 bits per heavy atom. The lowest BCUT2D eigenvalue weighted by molar-refractivity contribution is -0.144. The first-order chi connectivity index (χ1) is 11.7. The van der Waals surface area contributed by atoms with Crippen molar-refractivity contribution in [1.29, 1.82) is 0 Å². The summed E-state index contributed by atoms with van der Waals surface area (Å²) in [4.78, 5) is 0. The van der Waals surface area contributed by atoms with Gasteiger partial charge in [-0.25, -0.2) is 0 Å². The maximum absolute atomic E-state index is 13.4. The number of aromatic nitrogens is 2. The Labute approximate surface area is 153 Å². The van der Waals surface area contributed by atoms with E-state index in [0.29, 0.717) is 17.9 Å². The van der Waals surface area contributed by atoms with E-state index in [1.807, 2.05) is 32.9 Å². The average Bonchev–Trinajstić information content (AvgIpc) is 2.85. The van der Waals surface area contributed by atoms with Crippen molar-refractivity contribution in [3.63, 3.8) is 0 Å². The van der Waals surface area contributed by atoms with Crippen LogP contribution in [0, 0.1) is 13.8 Å². The zero-order valence-corrected chi connectivity index (χ0v) is 16.2. The van der Waals surface area contributed by atoms with Crippen LogP contribution in [-0.2, 0) is 12.7 Å². The van der Waals surface area contributed by atoms with Gasteiger partial charge in [0.1, 0.15) is 5.75 Å². The number of anilines is 2. The molecule has 138 valence electrons. The SMILES string of the molecule is CCCCn1nc(Nc2c(C)ccc(OC)c2C)c(Br)c1C(F)(F)F. The van der Waals surface area contributed by atoms with E-state index < -0.39 is 11.9 Å². The fraction of sp³-hybridized carbons (Fsp3) is 0.471. The minimum Gasteiger partial charge on any atom is -0.496 e. The highest BCUT2D eigenvalue weighted by Gasteiger charge is 2.39. The lowest BCUT2D eigenvalue weighted by Crippen LogP contribution is -2.15. The van der Waals surface area contributed by atoms with Crippen LogP contribution in [0.15, 0.2) is 16.6 Å². The Hall–Kier alpha value is -1.70. The molecule has 1 heterocycles. The van der Waals surface area contributed by atoms with E-state index in [1.165, 1.54) is 0 Å². The molecule has 0 saturated heterocycles. The van der Waals surface area contributed by atoms with Crippen LogP contribution in [0.2, 0.25) is 0 Å². The third-order valence-electron chi connectivity index (χ3n) is 3.97. The quantitative estimate of drug-likeness (QED) is 0.639. The summed E-state index contributed by atoms with van der Waals surface area (Å²) in [5, 5.41) is 7.18. The molecule has 0 spiro atoms. The van der Waals surface area contributed by atoms with Crippen LogP contribution in [0.4, 0.5) is 24.7 Å². The summed E-state index contributed by atoms with van der Waals surface area (Å²) in [7, 11) is 1.55. The van der Waals surface area contributed by atoms with Crippen LogP contribution in [-0.4, -0.2) is 16.9 Å². The van der Waals surface area contributed by atoms with Crippen molar-refractivity contribution in [3.05, 3.63) is 33.4 Å². The zero-order valence-electron chi connectivity index (χ0n) is 14.6. The van der Waals surface area contributed by atoms with Gasteiger partial charge in [0.15, 0.2) is 11.5 Å². The van der Waals surface area contributed by atoms with Crippen LogP contribution in [0.3, 0.4) is 0 Å². The standard InChI is InChI=1S/C17H21BrF3N3O/c1-5-6-9-24-15(17(19,20)21)13(18)16(23-24)22-14-10(2)7-8-12(25-4)11(14)3/h7-8H,5-6,9H2,1-4H3,(H,22,23). The van der Waals surface area contributed by atoms with Crippen molar-refractivity contribution in [2.24, 2.45) is 0 Å². The number of rotatable bonds is 6. The predicted molar refractivity (Wildman–Crippen MR) is 95.6 cm³/mol. The second-order valence-electron chi connectivity index (χ2n) is 5.80. The van der Waals surface area contributed by atoms with E-state index in [-0.39, 0.29) is 16.8 Å². The number of methoxy groups -OCH3 is 1. The minimum atomic E-state index is -4.49. The third kappa shape index (κ3) is 4.11. The van der Waals surface area contributed by atoms with E-state index in [2.05, 4.69) is 26.3 Å². The normalized spacial score (nSPS) is 11.7. The van der Waals surface area contributed by atoms with E-state index in [1.54, 1.807) is 7.11 Å². The summed E-state index contributed by atoms with van der Waals surface area (Å²) in [6.45, 7) is 5.86. The van der Waals surface area contributed by atoms with Crippen molar-refractivity contribution >= 4 is 27.4 Å². The molecule has 0 amide bonds. The molecular formula is C17H21BrF3N3O. The Morgan fingerprint density at radius 3 is 2.52 bits per heavy atom. The monoisotopic (exact) mass is 419 g/mol. The Kier molecular flexibility index (Phi) is 6.03. The summed E-state index contributed by atoms with van der Waals surface area (Å²) in [5.74, 6) is 0.800. The minimum absolute atomic E-state index is 0.0854. The van der Waals surface area contributed by atoms with Crippen molar-refractivity contribution in [2.45, 2.75) is 46.3 Å². The largest absolute Gasteiger partial charge is 0.496 e. The molecule has 1 N–H and O–H groups in total. The van der Waals surface area contributed by atoms with Gasteiger partial charge in [0.05, 0.1) is 11.6 Å². The van der Waals surface area contributed by atoms with Crippen LogP contribution in [0.25, 0.3) is 0 Å². The second kappa shape index (κ2) is 7.68. The summed E-state index contributed by atoms with van der Waals surface area (Å²) >= 11 is 3.07. The van der Waals surface area contributed by atoms with E-state index in [0.717, 1.165) is 22.2 Å². The zero-order chi connectivity index (χ0) is 18.8. The van der Waals surface area contributed by atoms with Gasteiger partial charge in [-0.05, 0) is 47.8 Å². The number of hydrogen-bond donors (Lipinski definition) is 1. The van der Waals surface area contributed by atoms with Gasteiger partial charge in [-0.3, -0.25) is 4.68 Å². The Bertz CT molecular complexity index is 757. The summed E-state index contributed by atoms with van der Waals surface area (Å²) in [5.41, 5.74) is 1.61. The van der Waals surface area contributed by atoms with E-state index in [4.69, 9.17) is 4.74 Å². The number of aryl methyl sites for hydroxylation is 2. The molecular weight excluding hydrogens is 399 g/mol. The molecule has 0 aliphatic rings. The predicted octanol–water partition coefficient (Wildman–Crippen LogP) is 5.83. The highest BCUT2D eigenvalue weighted by atomic mass is 79.9. The van der Waals surface area contributed by atoms with Crippen molar-refractivity contribution in [1.82, 2.24) is 9.78 Å². The second-order valence-corrected chi connectivity index (χ2v) is 6.59. The molecule has 0 radical (unpaired) electrons. The summed E-state index contributed by atoms with van der Waals surface area (Å²) < 4.78 is 46.5. The first kappa shape index (κ1) is 19.6. The molecule has 0 aliphatic heterocycles. The number of nitrogens with zero attached hydrogens (tertiary/aromatic N) is 2. The lowest BCUT2D eigenvalue weighted by atomic mass is 10.1. The molecule has 2 aromatic rings. The first-order valence-electron chi connectivity index (χ1n) is 7.95. The average molecular weight is 420 g/mol. The smallest absolute Gasteiger partial charge is 0.434 e. The lowest BCUT2D eigenvalue weighted by Gasteiger charge is -2.14. The number of ether oxygens (including phenoxy) is 1. The Morgan fingerprint density at radius 1 is 1.28 bits per heavy atom. The van der Waals surface area contributed by atoms with Crippen molar-refractivity contribution < 1.29 is 17.9 Å². The summed E-state index contributed by atoms with van der Waals surface area (Å²) in [6.07, 6.45) is -3.09. The highest BCUT2D eigenvalue weighted by molar-refractivity contribution is 9.10. The molecule has 0 fully saturated rings. The number of nitrogens with one attached hydrogen (secondary N) is 1. The number of benzene rings is 1. The highest BCUT2D eigenvalue weighted by Crippen LogP contribution is 2.41. The Balaban J connectivity index is 2.49. The van der Waals surface area contributed by atoms with Crippen LogP contribution >= 0.6 is 15.9 Å². The number of hydrogen-bond acceptors (Lipinski definition) is 3. The molecule has 0 saturated carbocycles. The van der Waals surface area contributed by atoms with E-state index in [9.17, 15) is 13.2 Å². The van der Waals surface area contributed by atoms with Crippen molar-refractivity contribution in [3.8, 4) is 5.75 Å². The van der Waals surface area contributed by atoms with Gasteiger partial charge in [0, 0.05) is 17.8 Å². The van der Waals surface area contributed by atoms with Crippen LogP contribution in [0.1, 0.15) is 36.6 Å². The third-order valence-corrected chi connectivity index (χ3v) is 4.72. The van der Waals surface area contributed by atoms with Gasteiger partial charge >= 0.3 is 6.18 Å². The fourth-order valence-corrected chi connectivity index (χ4v) is 3.23. The summed E-state index contributed by atoms with van der Waals surface area (Å²) in [6, 6.07) is 3.67. The molecule has 4 nitrogen and oxygen atoms in total. The van der Waals surface area contributed by atoms with Gasteiger partial charge in [-0.2, -0.15) is 18.3 Å². The fourth-order valence-electron chi connectivity index (χ4n) is 2.62. The van der Waals surface area contributed by atoms with Crippen molar-refractivity contribution in [2.75, 3.05) is 12.4 Å². The molecule has 25 heavy (non-hydrogen) atoms. The molecule has 1 aromatic heterocycles. The maximum Gasteiger partial charge on any atom is 0.434 e. The topological polar surface area (TPSA) is 39.1 Å². The molecule has 1 aromatic carbocycles. The van der Waals surface area contributed by atoms with E-state index >= 15 is 0 Å². The number of halogens is 4. The maximum atomic E-state index is 13.4. The van der Waals surface area contributed by atoms with Gasteiger partial charge in [0.25, 0.3) is 0 Å². The number of alkyl halides is 3. The van der Waals surface area contributed by atoms with Gasteiger partial charge in [0.2, 0.25) is 0 Å². The molecule has 0 aliphatic carbocycles. The van der Waals surface area contributed by atoms with Gasteiger partial charge in [-0.15, -0.1) is 0 Å². The number of unbranched alkanes of at least 4 members (excludes halogenated alkanes) is 1. The van der Waals surface area contributed by atoms with Gasteiger partial charge in [-0.1, -0.05) is 19.4 Å². The molecule has 2 rings (SSSR count). The first-order valence-corrected chi connectivity index (χ1v) is 8.74. The molecule has 0 unspecified atom stereocenters. The molecule has 8 heteroatoms. The van der Waals surface area contributed by atoms with Crippen LogP contribution in [0.5, 0.6) is 5.75 Å². The molecule has 0 atom stereocenters.